The topological polar surface area (TPSA) is 35.5 Å². The summed E-state index contributed by atoms with van der Waals surface area (Å²) < 4.78 is 12.2. The molecule has 0 amide bonds. The number of hydrogen-bond acceptors (Lipinski definition) is 3. The molecule has 0 atom stereocenters. The summed E-state index contributed by atoms with van der Waals surface area (Å²) in [4.78, 5) is 12.3. The average Bonchev–Trinajstić information content (AvgIpc) is 2.72. The molecule has 0 saturated heterocycles. The van der Waals surface area contributed by atoms with Gasteiger partial charge in [0, 0.05) is 5.56 Å². The lowest BCUT2D eigenvalue weighted by Crippen LogP contribution is -1.99. The second kappa shape index (κ2) is 9.38. The fourth-order valence-electron chi connectivity index (χ4n) is 2.69. The van der Waals surface area contributed by atoms with Crippen molar-refractivity contribution in [2.75, 3.05) is 7.11 Å². The van der Waals surface area contributed by atoms with Crippen LogP contribution >= 0.6 is 15.9 Å². The smallest absolute Gasteiger partial charge is 0.185 e. The maximum atomic E-state index is 12.3. The lowest BCUT2D eigenvalue weighted by molar-refractivity contribution is 0.104. The first kappa shape index (κ1) is 19.9. The van der Waals surface area contributed by atoms with Gasteiger partial charge in [0.05, 0.1) is 11.6 Å². The number of ketones is 1. The summed E-state index contributed by atoms with van der Waals surface area (Å²) in [6.45, 7) is 2.44. The maximum Gasteiger partial charge on any atom is 0.185 e. The number of carbonyl (C=O) groups excluding carboxylic acids is 1. The second-order valence-electron chi connectivity index (χ2n) is 6.37. The molecule has 3 aromatic carbocycles. The fourth-order valence-corrected chi connectivity index (χ4v) is 3.27. The van der Waals surface area contributed by atoms with Gasteiger partial charge in [0.2, 0.25) is 0 Å². The van der Waals surface area contributed by atoms with Gasteiger partial charge in [-0.2, -0.15) is 0 Å². The Bertz CT molecular complexity index is 977. The van der Waals surface area contributed by atoms with Crippen LogP contribution < -0.4 is 9.47 Å². The molecule has 0 heterocycles. The molecule has 0 N–H and O–H groups in total. The van der Waals surface area contributed by atoms with Crippen molar-refractivity contribution in [1.29, 1.82) is 0 Å². The highest BCUT2D eigenvalue weighted by molar-refractivity contribution is 9.10. The van der Waals surface area contributed by atoms with Crippen LogP contribution in [-0.4, -0.2) is 12.9 Å². The molecule has 0 spiro atoms. The Morgan fingerprint density at radius 1 is 1.04 bits per heavy atom. The Morgan fingerprint density at radius 2 is 1.75 bits per heavy atom. The molecule has 0 fully saturated rings. The molecule has 0 aromatic heterocycles. The van der Waals surface area contributed by atoms with Gasteiger partial charge in [-0.25, -0.2) is 0 Å². The molecular weight excluding hydrogens is 416 g/mol. The number of aryl methyl sites for hydroxylation is 1. The van der Waals surface area contributed by atoms with Crippen molar-refractivity contribution in [2.45, 2.75) is 13.5 Å². The standard InChI is InChI=1S/C24H21BrO3/c1-17-8-11-20(12-9-17)22(26)13-10-19-14-21(25)24(23(15-19)27-2)28-16-18-6-4-3-5-7-18/h3-15H,16H2,1-2H3/b13-10+. The number of methoxy groups -OCH3 is 1. The van der Waals surface area contributed by atoms with E-state index in [1.54, 1.807) is 19.3 Å². The molecule has 0 aliphatic rings. The highest BCUT2D eigenvalue weighted by Gasteiger charge is 2.11. The molecule has 3 aromatic rings. The van der Waals surface area contributed by atoms with Gasteiger partial charge in [-0.3, -0.25) is 4.79 Å². The Balaban J connectivity index is 1.76. The van der Waals surface area contributed by atoms with Crippen LogP contribution in [0.1, 0.15) is 27.0 Å². The second-order valence-corrected chi connectivity index (χ2v) is 7.23. The van der Waals surface area contributed by atoms with Crippen molar-refractivity contribution < 1.29 is 14.3 Å². The number of benzene rings is 3. The summed E-state index contributed by atoms with van der Waals surface area (Å²) in [6, 6.07) is 21.2. The molecule has 0 saturated carbocycles. The van der Waals surface area contributed by atoms with Crippen molar-refractivity contribution >= 4 is 27.8 Å². The van der Waals surface area contributed by atoms with Gasteiger partial charge in [0.1, 0.15) is 6.61 Å². The normalized spacial score (nSPS) is 10.8. The van der Waals surface area contributed by atoms with Crippen LogP contribution in [0.15, 0.2) is 77.3 Å². The highest BCUT2D eigenvalue weighted by Crippen LogP contribution is 2.37. The molecule has 0 bridgehead atoms. The van der Waals surface area contributed by atoms with Crippen LogP contribution in [0.4, 0.5) is 0 Å². The SMILES string of the molecule is COc1cc(/C=C/C(=O)c2ccc(C)cc2)cc(Br)c1OCc1ccccc1. The minimum Gasteiger partial charge on any atom is -0.493 e. The van der Waals surface area contributed by atoms with E-state index in [9.17, 15) is 4.79 Å². The molecule has 142 valence electrons. The average molecular weight is 437 g/mol. The van der Waals surface area contributed by atoms with E-state index in [4.69, 9.17) is 9.47 Å². The van der Waals surface area contributed by atoms with Crippen LogP contribution in [0.5, 0.6) is 11.5 Å². The Labute approximate surface area is 173 Å². The van der Waals surface area contributed by atoms with E-state index in [-0.39, 0.29) is 5.78 Å². The third-order valence-corrected chi connectivity index (χ3v) is 4.83. The van der Waals surface area contributed by atoms with Gasteiger partial charge in [0.25, 0.3) is 0 Å². The van der Waals surface area contributed by atoms with Crippen molar-refractivity contribution in [3.63, 3.8) is 0 Å². The largest absolute Gasteiger partial charge is 0.493 e. The summed E-state index contributed by atoms with van der Waals surface area (Å²) in [5.41, 5.74) is 3.70. The molecule has 0 aliphatic carbocycles. The molecule has 3 rings (SSSR count). The predicted molar refractivity (Wildman–Crippen MR) is 116 cm³/mol. The minimum atomic E-state index is -0.0421. The number of hydrogen-bond donors (Lipinski definition) is 0. The third kappa shape index (κ3) is 5.11. The number of carbonyl (C=O) groups is 1. The summed E-state index contributed by atoms with van der Waals surface area (Å²) in [7, 11) is 1.60. The van der Waals surface area contributed by atoms with E-state index in [1.165, 1.54) is 0 Å². The number of ether oxygens (including phenoxy) is 2. The zero-order valence-corrected chi connectivity index (χ0v) is 17.4. The number of allylic oxidation sites excluding steroid dienone is 1. The van der Waals surface area contributed by atoms with Gasteiger partial charge in [0.15, 0.2) is 17.3 Å². The van der Waals surface area contributed by atoms with Crippen LogP contribution in [0.2, 0.25) is 0 Å². The fraction of sp³-hybridized carbons (Fsp3) is 0.125. The van der Waals surface area contributed by atoms with Crippen molar-refractivity contribution in [1.82, 2.24) is 0 Å². The van der Waals surface area contributed by atoms with E-state index < -0.39 is 0 Å². The van der Waals surface area contributed by atoms with Crippen molar-refractivity contribution in [3.05, 3.63) is 99.5 Å². The lowest BCUT2D eigenvalue weighted by Gasteiger charge is -2.13. The van der Waals surface area contributed by atoms with E-state index >= 15 is 0 Å². The van der Waals surface area contributed by atoms with Crippen molar-refractivity contribution in [3.8, 4) is 11.5 Å². The van der Waals surface area contributed by atoms with Crippen molar-refractivity contribution in [2.24, 2.45) is 0 Å². The Kier molecular flexibility index (Phi) is 6.66. The van der Waals surface area contributed by atoms with Gasteiger partial charge >= 0.3 is 0 Å². The summed E-state index contributed by atoms with van der Waals surface area (Å²) in [5.74, 6) is 1.19. The van der Waals surface area contributed by atoms with Gasteiger partial charge in [-0.1, -0.05) is 66.2 Å². The zero-order chi connectivity index (χ0) is 19.9. The molecular formula is C24H21BrO3. The van der Waals surface area contributed by atoms with E-state index in [0.717, 1.165) is 21.2 Å². The molecule has 28 heavy (non-hydrogen) atoms. The predicted octanol–water partition coefficient (Wildman–Crippen LogP) is 6.24. The highest BCUT2D eigenvalue weighted by atomic mass is 79.9. The van der Waals surface area contributed by atoms with Crippen LogP contribution in [0.3, 0.4) is 0 Å². The van der Waals surface area contributed by atoms with E-state index in [1.807, 2.05) is 73.7 Å². The van der Waals surface area contributed by atoms with Gasteiger partial charge in [-0.15, -0.1) is 0 Å². The molecule has 4 heteroatoms. The van der Waals surface area contributed by atoms with Gasteiger partial charge < -0.3 is 9.47 Å². The Hall–Kier alpha value is -2.85. The number of rotatable bonds is 7. The molecule has 0 aliphatic heterocycles. The summed E-state index contributed by atoms with van der Waals surface area (Å²) >= 11 is 3.55. The van der Waals surface area contributed by atoms with E-state index in [0.29, 0.717) is 23.7 Å². The first-order valence-electron chi connectivity index (χ1n) is 8.90. The van der Waals surface area contributed by atoms with Crippen LogP contribution in [-0.2, 0) is 6.61 Å². The van der Waals surface area contributed by atoms with E-state index in [2.05, 4.69) is 15.9 Å². The summed E-state index contributed by atoms with van der Waals surface area (Å²) in [6.07, 6.45) is 3.34. The molecule has 0 unspecified atom stereocenters. The minimum absolute atomic E-state index is 0.0421. The monoisotopic (exact) mass is 436 g/mol. The Morgan fingerprint density at radius 3 is 2.43 bits per heavy atom. The lowest BCUT2D eigenvalue weighted by atomic mass is 10.1. The van der Waals surface area contributed by atoms with Gasteiger partial charge in [-0.05, 0) is 52.2 Å². The van der Waals surface area contributed by atoms with Crippen LogP contribution in [0, 0.1) is 6.92 Å². The first-order valence-corrected chi connectivity index (χ1v) is 9.69. The summed E-state index contributed by atoms with van der Waals surface area (Å²) in [5, 5.41) is 0. The first-order chi connectivity index (χ1) is 13.6. The molecule has 0 radical (unpaired) electrons. The number of halogens is 1. The zero-order valence-electron chi connectivity index (χ0n) is 15.8. The third-order valence-electron chi connectivity index (χ3n) is 4.24. The molecule has 3 nitrogen and oxygen atoms in total. The van der Waals surface area contributed by atoms with Crippen LogP contribution in [0.25, 0.3) is 6.08 Å². The maximum absolute atomic E-state index is 12.3. The quantitative estimate of drug-likeness (QED) is 0.324.